The van der Waals surface area contributed by atoms with Gasteiger partial charge in [-0.15, -0.1) is 0 Å². The van der Waals surface area contributed by atoms with E-state index < -0.39 is 17.7 Å². The van der Waals surface area contributed by atoms with Gasteiger partial charge in [0, 0.05) is 6.07 Å². The molecule has 0 atom stereocenters. The van der Waals surface area contributed by atoms with Crippen LogP contribution >= 0.6 is 0 Å². The van der Waals surface area contributed by atoms with Gasteiger partial charge in [-0.1, -0.05) is 45.9 Å². The Kier molecular flexibility index (Phi) is 4.96. The van der Waals surface area contributed by atoms with Crippen LogP contribution in [0.5, 0.6) is 11.5 Å². The van der Waals surface area contributed by atoms with Gasteiger partial charge in [0.15, 0.2) is 0 Å². The van der Waals surface area contributed by atoms with E-state index in [0.29, 0.717) is 0 Å². The normalized spacial score (nSPS) is 16.9. The summed E-state index contributed by atoms with van der Waals surface area (Å²) in [6, 6.07) is 9.90. The summed E-state index contributed by atoms with van der Waals surface area (Å²) < 4.78 is 5.28. The average Bonchev–Trinajstić information content (AvgIpc) is 2.59. The first-order valence-corrected chi connectivity index (χ1v) is 9.40. The highest BCUT2D eigenvalue weighted by Crippen LogP contribution is 2.45. The Morgan fingerprint density at radius 2 is 1.61 bits per heavy atom. The predicted octanol–water partition coefficient (Wildman–Crippen LogP) is 4.59. The highest BCUT2D eigenvalue weighted by atomic mass is 16.5. The van der Waals surface area contributed by atoms with E-state index in [1.54, 1.807) is 0 Å². The zero-order valence-corrected chi connectivity index (χ0v) is 16.7. The molecule has 0 heterocycles. The maximum atomic E-state index is 12.3. The number of carboxylic acid groups (broad SMARTS) is 1. The van der Waals surface area contributed by atoms with Crippen molar-refractivity contribution in [2.75, 3.05) is 0 Å². The zero-order valence-electron chi connectivity index (χ0n) is 16.7. The summed E-state index contributed by atoms with van der Waals surface area (Å²) in [6.07, 6.45) is 2.32. The van der Waals surface area contributed by atoms with Crippen LogP contribution in [0.1, 0.15) is 67.6 Å². The molecule has 148 valence electrons. The number of carbonyl (C=O) groups excluding carboxylic acids is 1. The summed E-state index contributed by atoms with van der Waals surface area (Å²) in [6.45, 7) is 8.97. The molecule has 3 rings (SSSR count). The monoisotopic (exact) mass is 382 g/mol. The summed E-state index contributed by atoms with van der Waals surface area (Å²) in [5.74, 6) is -2.02. The number of aromatic carboxylic acids is 1. The van der Waals surface area contributed by atoms with Gasteiger partial charge in [-0.25, -0.2) is 4.79 Å². The zero-order chi connectivity index (χ0) is 20.7. The minimum Gasteiger partial charge on any atom is -0.507 e. The predicted molar refractivity (Wildman–Crippen MR) is 106 cm³/mol. The summed E-state index contributed by atoms with van der Waals surface area (Å²) in [4.78, 5) is 23.3. The van der Waals surface area contributed by atoms with Gasteiger partial charge in [0.1, 0.15) is 17.1 Å². The molecule has 28 heavy (non-hydrogen) atoms. The van der Waals surface area contributed by atoms with Crippen LogP contribution in [0.25, 0.3) is 0 Å². The van der Waals surface area contributed by atoms with Crippen LogP contribution in [0, 0.1) is 0 Å². The fourth-order valence-corrected chi connectivity index (χ4v) is 3.84. The molecule has 1 aliphatic rings. The molecule has 0 amide bonds. The van der Waals surface area contributed by atoms with E-state index in [1.807, 2.05) is 6.07 Å². The van der Waals surface area contributed by atoms with Crippen LogP contribution in [0.2, 0.25) is 0 Å². The van der Waals surface area contributed by atoms with Crippen molar-refractivity contribution in [2.24, 2.45) is 0 Å². The van der Waals surface area contributed by atoms with Crippen LogP contribution in [-0.4, -0.2) is 22.2 Å². The van der Waals surface area contributed by atoms with Crippen molar-refractivity contribution < 1.29 is 24.5 Å². The van der Waals surface area contributed by atoms with Gasteiger partial charge in [-0.3, -0.25) is 4.79 Å². The molecule has 0 fully saturated rings. The van der Waals surface area contributed by atoms with Crippen LogP contribution in [-0.2, 0) is 22.0 Å². The van der Waals surface area contributed by atoms with Crippen LogP contribution in [0.15, 0.2) is 36.4 Å². The Morgan fingerprint density at radius 3 is 2.21 bits per heavy atom. The van der Waals surface area contributed by atoms with Crippen molar-refractivity contribution in [3.63, 3.8) is 0 Å². The largest absolute Gasteiger partial charge is 0.507 e. The Hall–Kier alpha value is -2.82. The number of phenols is 1. The average molecular weight is 382 g/mol. The lowest BCUT2D eigenvalue weighted by molar-refractivity contribution is -0.133. The summed E-state index contributed by atoms with van der Waals surface area (Å²) in [5, 5.41) is 18.7. The van der Waals surface area contributed by atoms with Crippen LogP contribution in [0.3, 0.4) is 0 Å². The van der Waals surface area contributed by atoms with E-state index in [0.717, 1.165) is 24.5 Å². The molecule has 5 nitrogen and oxygen atoms in total. The second-order valence-corrected chi connectivity index (χ2v) is 8.78. The summed E-state index contributed by atoms with van der Waals surface area (Å²) in [7, 11) is 0. The second-order valence-electron chi connectivity index (χ2n) is 8.78. The maximum absolute atomic E-state index is 12.3. The Labute approximate surface area is 165 Å². The second kappa shape index (κ2) is 6.97. The number of rotatable bonds is 4. The van der Waals surface area contributed by atoms with Crippen molar-refractivity contribution in [1.29, 1.82) is 0 Å². The number of benzene rings is 2. The molecule has 0 spiro atoms. The van der Waals surface area contributed by atoms with Crippen molar-refractivity contribution in [1.82, 2.24) is 0 Å². The number of ether oxygens (including phenoxy) is 1. The molecule has 0 saturated heterocycles. The molecule has 0 aliphatic heterocycles. The van der Waals surface area contributed by atoms with E-state index in [9.17, 15) is 14.7 Å². The molecule has 0 unspecified atom stereocenters. The van der Waals surface area contributed by atoms with E-state index >= 15 is 0 Å². The maximum Gasteiger partial charge on any atom is 0.339 e. The molecule has 2 aromatic carbocycles. The third kappa shape index (κ3) is 3.88. The number of carboxylic acids is 1. The van der Waals surface area contributed by atoms with Gasteiger partial charge in [-0.05, 0) is 52.5 Å². The molecule has 0 aromatic heterocycles. The number of carbonyl (C=O) groups is 2. The van der Waals surface area contributed by atoms with E-state index in [-0.39, 0.29) is 28.6 Å². The van der Waals surface area contributed by atoms with E-state index in [1.165, 1.54) is 23.3 Å². The minimum absolute atomic E-state index is 0.0588. The van der Waals surface area contributed by atoms with Crippen LogP contribution < -0.4 is 4.74 Å². The third-order valence-corrected chi connectivity index (χ3v) is 5.70. The summed E-state index contributed by atoms with van der Waals surface area (Å²) in [5.41, 5.74) is 3.42. The fourth-order valence-electron chi connectivity index (χ4n) is 3.84. The number of hydrogen-bond donors (Lipinski definition) is 2. The highest BCUT2D eigenvalue weighted by molar-refractivity contribution is 5.91. The van der Waals surface area contributed by atoms with Gasteiger partial charge in [0.25, 0.3) is 0 Å². The Morgan fingerprint density at radius 1 is 0.964 bits per heavy atom. The highest BCUT2D eigenvalue weighted by Gasteiger charge is 2.37. The topological polar surface area (TPSA) is 83.8 Å². The van der Waals surface area contributed by atoms with Crippen molar-refractivity contribution in [3.8, 4) is 11.5 Å². The Balaban J connectivity index is 1.78. The number of hydrogen-bond acceptors (Lipinski definition) is 4. The number of fused-ring (bicyclic) bond motifs is 1. The molecule has 5 heteroatoms. The lowest BCUT2D eigenvalue weighted by atomic mass is 9.63. The Bertz CT molecular complexity index is 940. The number of esters is 1. The van der Waals surface area contributed by atoms with E-state index in [2.05, 4.69) is 39.8 Å². The minimum atomic E-state index is -1.24. The molecule has 0 radical (unpaired) electrons. The molecular weight excluding hydrogens is 356 g/mol. The lowest BCUT2D eigenvalue weighted by Crippen LogP contribution is -2.34. The van der Waals surface area contributed by atoms with Gasteiger partial charge in [0.05, 0.1) is 6.42 Å². The van der Waals surface area contributed by atoms with Gasteiger partial charge in [0.2, 0.25) is 0 Å². The first-order chi connectivity index (χ1) is 13.0. The summed E-state index contributed by atoms with van der Waals surface area (Å²) >= 11 is 0. The van der Waals surface area contributed by atoms with Crippen LogP contribution in [0.4, 0.5) is 0 Å². The van der Waals surface area contributed by atoms with Crippen molar-refractivity contribution >= 4 is 11.9 Å². The quantitative estimate of drug-likeness (QED) is 0.597. The molecule has 1 aliphatic carbocycles. The smallest absolute Gasteiger partial charge is 0.339 e. The molecule has 2 N–H and O–H groups in total. The van der Waals surface area contributed by atoms with Crippen molar-refractivity contribution in [3.05, 3.63) is 58.7 Å². The lowest BCUT2D eigenvalue weighted by Gasteiger charge is -2.42. The molecule has 2 aromatic rings. The first kappa shape index (κ1) is 19.9. The number of aromatic hydroxyl groups is 1. The van der Waals surface area contributed by atoms with Gasteiger partial charge >= 0.3 is 11.9 Å². The first-order valence-electron chi connectivity index (χ1n) is 9.40. The van der Waals surface area contributed by atoms with Gasteiger partial charge < -0.3 is 14.9 Å². The standard InChI is InChI=1S/C23H26O5/c1-22(2)9-10-23(3,4)18-11-14(5-8-17(18)22)12-20(25)28-15-6-7-16(21(26)27)19(24)13-15/h5-8,11,13,24H,9-10,12H2,1-4H3,(H,26,27). The molecular formula is C23H26O5. The van der Waals surface area contributed by atoms with E-state index in [4.69, 9.17) is 9.84 Å². The fraction of sp³-hybridized carbons (Fsp3) is 0.391. The third-order valence-electron chi connectivity index (χ3n) is 5.70. The van der Waals surface area contributed by atoms with Gasteiger partial charge in [-0.2, -0.15) is 0 Å². The van der Waals surface area contributed by atoms with Crippen molar-refractivity contribution in [2.45, 2.75) is 57.8 Å². The SMILES string of the molecule is CC1(C)CCC(C)(C)c2cc(CC(=O)Oc3ccc(C(=O)O)c(O)c3)ccc21. The molecule has 0 bridgehead atoms. The molecule has 0 saturated carbocycles.